The highest BCUT2D eigenvalue weighted by Gasteiger charge is 2.37. The van der Waals surface area contributed by atoms with E-state index in [2.05, 4.69) is 75.3 Å². The van der Waals surface area contributed by atoms with E-state index in [0.717, 1.165) is 12.5 Å². The van der Waals surface area contributed by atoms with Crippen LogP contribution in [-0.2, 0) is 0 Å². The van der Waals surface area contributed by atoms with Crippen LogP contribution in [0.1, 0.15) is 52.1 Å². The topological polar surface area (TPSA) is 15.3 Å². The van der Waals surface area contributed by atoms with Crippen molar-refractivity contribution in [3.63, 3.8) is 0 Å². The molecule has 1 saturated carbocycles. The molecular weight excluding hydrogens is 256 g/mol. The Morgan fingerprint density at radius 1 is 1.14 bits per heavy atom. The van der Waals surface area contributed by atoms with Crippen molar-refractivity contribution in [2.24, 2.45) is 11.8 Å². The normalized spacial score (nSPS) is 19.8. The van der Waals surface area contributed by atoms with Gasteiger partial charge < -0.3 is 5.32 Å². The van der Waals surface area contributed by atoms with E-state index in [1.54, 1.807) is 0 Å². The molecule has 3 atom stereocenters. The lowest BCUT2D eigenvalue weighted by atomic mass is 9.88. The molecule has 0 radical (unpaired) electrons. The van der Waals surface area contributed by atoms with Crippen LogP contribution in [0.3, 0.4) is 0 Å². The minimum Gasteiger partial charge on any atom is -0.309 e. The first-order valence-corrected chi connectivity index (χ1v) is 8.56. The standard InChI is InChI=1S/C19H32N2/c1-6-20-18(17-10-8-7-9-11-17)19(14(2)3)21(5)15(4)16-12-13-16/h7-11,14-16,18-20H,6,12-13H2,1-5H3. The van der Waals surface area contributed by atoms with E-state index in [4.69, 9.17) is 0 Å². The highest BCUT2D eigenvalue weighted by molar-refractivity contribution is 5.21. The van der Waals surface area contributed by atoms with Crippen LogP contribution >= 0.6 is 0 Å². The van der Waals surface area contributed by atoms with Gasteiger partial charge in [-0.1, -0.05) is 51.1 Å². The molecule has 21 heavy (non-hydrogen) atoms. The van der Waals surface area contributed by atoms with E-state index >= 15 is 0 Å². The summed E-state index contributed by atoms with van der Waals surface area (Å²) in [5.41, 5.74) is 1.41. The van der Waals surface area contributed by atoms with Crippen molar-refractivity contribution in [1.82, 2.24) is 10.2 Å². The maximum Gasteiger partial charge on any atom is 0.0480 e. The molecule has 1 aromatic carbocycles. The van der Waals surface area contributed by atoms with Crippen molar-refractivity contribution in [3.05, 3.63) is 35.9 Å². The Hall–Kier alpha value is -0.860. The summed E-state index contributed by atoms with van der Waals surface area (Å²) in [5.74, 6) is 1.54. The van der Waals surface area contributed by atoms with E-state index in [0.29, 0.717) is 24.0 Å². The van der Waals surface area contributed by atoms with Crippen molar-refractivity contribution >= 4 is 0 Å². The van der Waals surface area contributed by atoms with Crippen LogP contribution in [0, 0.1) is 11.8 Å². The van der Waals surface area contributed by atoms with E-state index in [9.17, 15) is 0 Å². The van der Waals surface area contributed by atoms with Crippen LogP contribution in [0.4, 0.5) is 0 Å². The Morgan fingerprint density at radius 2 is 1.76 bits per heavy atom. The molecule has 0 aliphatic heterocycles. The molecule has 118 valence electrons. The Labute approximate surface area is 130 Å². The zero-order valence-corrected chi connectivity index (χ0v) is 14.3. The summed E-state index contributed by atoms with van der Waals surface area (Å²) in [7, 11) is 2.32. The van der Waals surface area contributed by atoms with E-state index in [1.165, 1.54) is 18.4 Å². The molecule has 2 heteroatoms. The second-order valence-electron chi connectivity index (χ2n) is 6.92. The van der Waals surface area contributed by atoms with E-state index in [-0.39, 0.29) is 0 Å². The molecule has 1 aromatic rings. The molecular formula is C19H32N2. The van der Waals surface area contributed by atoms with E-state index in [1.807, 2.05) is 0 Å². The molecule has 0 heterocycles. The number of nitrogens with one attached hydrogen (secondary N) is 1. The fraction of sp³-hybridized carbons (Fsp3) is 0.684. The summed E-state index contributed by atoms with van der Waals surface area (Å²) >= 11 is 0. The third-order valence-electron chi connectivity index (χ3n) is 5.02. The van der Waals surface area contributed by atoms with Crippen molar-refractivity contribution < 1.29 is 0 Å². The number of rotatable bonds is 8. The third-order valence-corrected chi connectivity index (χ3v) is 5.02. The van der Waals surface area contributed by atoms with Gasteiger partial charge in [-0.2, -0.15) is 0 Å². The van der Waals surface area contributed by atoms with Gasteiger partial charge in [0.15, 0.2) is 0 Å². The minimum absolute atomic E-state index is 0.405. The van der Waals surface area contributed by atoms with Gasteiger partial charge in [-0.3, -0.25) is 4.90 Å². The molecule has 1 fully saturated rings. The first-order valence-electron chi connectivity index (χ1n) is 8.56. The summed E-state index contributed by atoms with van der Waals surface area (Å²) in [6.45, 7) is 10.3. The summed E-state index contributed by atoms with van der Waals surface area (Å²) in [5, 5.41) is 3.73. The minimum atomic E-state index is 0.405. The molecule has 0 spiro atoms. The van der Waals surface area contributed by atoms with E-state index < -0.39 is 0 Å². The Balaban J connectivity index is 2.23. The number of benzene rings is 1. The quantitative estimate of drug-likeness (QED) is 0.775. The first kappa shape index (κ1) is 16.5. The molecule has 0 saturated heterocycles. The molecule has 0 aromatic heterocycles. The zero-order valence-electron chi connectivity index (χ0n) is 14.3. The lowest BCUT2D eigenvalue weighted by Crippen LogP contribution is -2.50. The molecule has 1 aliphatic rings. The maximum atomic E-state index is 3.73. The second-order valence-corrected chi connectivity index (χ2v) is 6.92. The Morgan fingerprint density at radius 3 is 2.24 bits per heavy atom. The number of hydrogen-bond donors (Lipinski definition) is 1. The average molecular weight is 288 g/mol. The average Bonchev–Trinajstić information content (AvgIpc) is 3.31. The van der Waals surface area contributed by atoms with Crippen LogP contribution < -0.4 is 5.32 Å². The van der Waals surface area contributed by atoms with Crippen molar-refractivity contribution in [3.8, 4) is 0 Å². The first-order chi connectivity index (χ1) is 10.1. The van der Waals surface area contributed by atoms with Crippen LogP contribution in [0.5, 0.6) is 0 Å². The molecule has 1 N–H and O–H groups in total. The number of likely N-dealkylation sites (N-methyl/N-ethyl adjacent to an activating group) is 2. The van der Waals surface area contributed by atoms with Gasteiger partial charge in [-0.05, 0) is 50.8 Å². The van der Waals surface area contributed by atoms with Crippen LogP contribution in [0.15, 0.2) is 30.3 Å². The lowest BCUT2D eigenvalue weighted by Gasteiger charge is -2.41. The van der Waals surface area contributed by atoms with Gasteiger partial charge in [-0.25, -0.2) is 0 Å². The fourth-order valence-corrected chi connectivity index (χ4v) is 3.59. The van der Waals surface area contributed by atoms with Crippen molar-refractivity contribution in [2.75, 3.05) is 13.6 Å². The monoisotopic (exact) mass is 288 g/mol. The SMILES string of the molecule is CCNC(c1ccccc1)C(C(C)C)N(C)C(C)C1CC1. The molecule has 2 nitrogen and oxygen atoms in total. The van der Waals surface area contributed by atoms with Gasteiger partial charge in [0.2, 0.25) is 0 Å². The van der Waals surface area contributed by atoms with Crippen LogP contribution in [-0.4, -0.2) is 30.6 Å². The smallest absolute Gasteiger partial charge is 0.0480 e. The Bertz CT molecular complexity index is 411. The molecule has 2 rings (SSSR count). The molecule has 0 amide bonds. The van der Waals surface area contributed by atoms with Crippen LogP contribution in [0.25, 0.3) is 0 Å². The van der Waals surface area contributed by atoms with Crippen LogP contribution in [0.2, 0.25) is 0 Å². The lowest BCUT2D eigenvalue weighted by molar-refractivity contribution is 0.0981. The van der Waals surface area contributed by atoms with Gasteiger partial charge in [0.05, 0.1) is 0 Å². The Kier molecular flexibility index (Phi) is 5.83. The predicted octanol–water partition coefficient (Wildman–Crippen LogP) is 4.09. The van der Waals surface area contributed by atoms with Gasteiger partial charge in [0, 0.05) is 18.1 Å². The molecule has 0 bridgehead atoms. The van der Waals surface area contributed by atoms with Crippen molar-refractivity contribution in [2.45, 2.75) is 58.7 Å². The van der Waals surface area contributed by atoms with Gasteiger partial charge >= 0.3 is 0 Å². The molecule has 3 unspecified atom stereocenters. The summed E-state index contributed by atoms with van der Waals surface area (Å²) in [6, 6.07) is 12.6. The van der Waals surface area contributed by atoms with Crippen molar-refractivity contribution in [1.29, 1.82) is 0 Å². The maximum absolute atomic E-state index is 3.73. The fourth-order valence-electron chi connectivity index (χ4n) is 3.59. The summed E-state index contributed by atoms with van der Waals surface area (Å²) < 4.78 is 0. The van der Waals surface area contributed by atoms with Gasteiger partial charge in [0.25, 0.3) is 0 Å². The second kappa shape index (κ2) is 7.42. The number of nitrogens with zero attached hydrogens (tertiary/aromatic N) is 1. The zero-order chi connectivity index (χ0) is 15.4. The third kappa shape index (κ3) is 4.08. The van der Waals surface area contributed by atoms with Gasteiger partial charge in [0.1, 0.15) is 0 Å². The molecule has 1 aliphatic carbocycles. The van der Waals surface area contributed by atoms with Gasteiger partial charge in [-0.15, -0.1) is 0 Å². The highest BCUT2D eigenvalue weighted by atomic mass is 15.2. The summed E-state index contributed by atoms with van der Waals surface area (Å²) in [4.78, 5) is 2.63. The number of hydrogen-bond acceptors (Lipinski definition) is 2. The largest absolute Gasteiger partial charge is 0.309 e. The highest BCUT2D eigenvalue weighted by Crippen LogP contribution is 2.37. The summed E-state index contributed by atoms with van der Waals surface area (Å²) in [6.07, 6.45) is 2.82. The predicted molar refractivity (Wildman–Crippen MR) is 91.4 cm³/mol.